The number of esters is 1. The van der Waals surface area contributed by atoms with Crippen molar-refractivity contribution < 1.29 is 24.5 Å². The van der Waals surface area contributed by atoms with Crippen molar-refractivity contribution >= 4 is 11.9 Å². The normalized spacial score (nSPS) is 12.8. The van der Waals surface area contributed by atoms with Crippen molar-refractivity contribution in [3.63, 3.8) is 0 Å². The van der Waals surface area contributed by atoms with Gasteiger partial charge in [-0.05, 0) is 57.8 Å². The molecule has 0 heterocycles. The first kappa shape index (κ1) is 60.3. The van der Waals surface area contributed by atoms with Crippen LogP contribution in [0.25, 0.3) is 0 Å². The molecule has 2 unspecified atom stereocenters. The van der Waals surface area contributed by atoms with E-state index < -0.39 is 12.1 Å². The zero-order valence-electron chi connectivity index (χ0n) is 41.6. The molecule has 6 heteroatoms. The number of hydrogen-bond acceptors (Lipinski definition) is 5. The highest BCUT2D eigenvalue weighted by Gasteiger charge is 2.20. The number of carbonyl (C=O) groups is 2. The number of unbranched alkanes of at least 4 members (excludes halogenated alkanes) is 36. The Morgan fingerprint density at radius 2 is 0.806 bits per heavy atom. The predicted octanol–water partition coefficient (Wildman–Crippen LogP) is 16.7. The van der Waals surface area contributed by atoms with Crippen LogP contribution in [-0.2, 0) is 14.3 Å². The number of nitrogens with one attached hydrogen (secondary N) is 1. The molecule has 366 valence electrons. The van der Waals surface area contributed by atoms with E-state index in [1.165, 1.54) is 193 Å². The molecular formula is C56H107NO5. The van der Waals surface area contributed by atoms with Gasteiger partial charge in [0.05, 0.1) is 25.4 Å². The van der Waals surface area contributed by atoms with Crippen LogP contribution in [0.15, 0.2) is 24.3 Å². The maximum atomic E-state index is 12.5. The summed E-state index contributed by atoms with van der Waals surface area (Å²) in [5, 5.41) is 23.3. The fourth-order valence-corrected chi connectivity index (χ4v) is 8.49. The molecule has 3 N–H and O–H groups in total. The highest BCUT2D eigenvalue weighted by Crippen LogP contribution is 2.17. The Hall–Kier alpha value is -1.66. The lowest BCUT2D eigenvalue weighted by molar-refractivity contribution is -0.143. The standard InChI is InChI=1S/C56H107NO5/c1-3-5-7-9-11-13-15-17-19-20-21-22-24-25-28-32-36-40-44-48-54(59)53(52-58)57-55(60)49-45-41-37-33-29-27-31-35-39-43-47-51-62-56(61)50-46-42-38-34-30-26-23-18-16-14-12-10-8-6-4-2/h12,14,18,23,53-54,58-59H,3-11,13,15-17,19-22,24-52H2,1-2H3,(H,57,60)/b14-12-,23-18-. The van der Waals surface area contributed by atoms with E-state index in [1.807, 2.05) is 0 Å². The van der Waals surface area contributed by atoms with Crippen LogP contribution in [0.4, 0.5) is 0 Å². The van der Waals surface area contributed by atoms with Gasteiger partial charge in [0.1, 0.15) is 0 Å². The van der Waals surface area contributed by atoms with Crippen LogP contribution < -0.4 is 5.32 Å². The van der Waals surface area contributed by atoms with Gasteiger partial charge < -0.3 is 20.3 Å². The molecule has 1 amide bonds. The smallest absolute Gasteiger partial charge is 0.305 e. The Morgan fingerprint density at radius 3 is 1.26 bits per heavy atom. The summed E-state index contributed by atoms with van der Waals surface area (Å²) in [6, 6.07) is -0.557. The van der Waals surface area contributed by atoms with Crippen LogP contribution in [0.5, 0.6) is 0 Å². The summed E-state index contributed by atoms with van der Waals surface area (Å²) in [6.45, 7) is 4.89. The molecule has 62 heavy (non-hydrogen) atoms. The quantitative estimate of drug-likeness (QED) is 0.0321. The first-order chi connectivity index (χ1) is 30.5. The molecule has 0 fully saturated rings. The lowest BCUT2D eigenvalue weighted by Crippen LogP contribution is -2.45. The number of hydrogen-bond donors (Lipinski definition) is 3. The van der Waals surface area contributed by atoms with Crippen molar-refractivity contribution in [3.05, 3.63) is 24.3 Å². The van der Waals surface area contributed by atoms with Crippen LogP contribution in [0.1, 0.15) is 296 Å². The molecule has 6 nitrogen and oxygen atoms in total. The van der Waals surface area contributed by atoms with Gasteiger partial charge in [0.15, 0.2) is 0 Å². The predicted molar refractivity (Wildman–Crippen MR) is 269 cm³/mol. The van der Waals surface area contributed by atoms with E-state index in [9.17, 15) is 19.8 Å². The minimum Gasteiger partial charge on any atom is -0.466 e. The third-order valence-electron chi connectivity index (χ3n) is 12.8. The van der Waals surface area contributed by atoms with Gasteiger partial charge in [0.25, 0.3) is 0 Å². The fraction of sp³-hybridized carbons (Fsp3) is 0.893. The van der Waals surface area contributed by atoms with E-state index in [1.54, 1.807) is 0 Å². The molecule has 0 aromatic rings. The van der Waals surface area contributed by atoms with Crippen molar-refractivity contribution in [2.75, 3.05) is 13.2 Å². The summed E-state index contributed by atoms with van der Waals surface area (Å²) < 4.78 is 5.45. The molecular weight excluding hydrogens is 767 g/mol. The van der Waals surface area contributed by atoms with Gasteiger partial charge in [-0.25, -0.2) is 0 Å². The van der Waals surface area contributed by atoms with E-state index in [2.05, 4.69) is 43.5 Å². The molecule has 0 aromatic carbocycles. The van der Waals surface area contributed by atoms with Gasteiger partial charge in [0, 0.05) is 12.8 Å². The first-order valence-corrected chi connectivity index (χ1v) is 27.6. The Balaban J connectivity index is 3.48. The van der Waals surface area contributed by atoms with Crippen molar-refractivity contribution in [2.45, 2.75) is 309 Å². The second-order valence-electron chi connectivity index (χ2n) is 18.9. The van der Waals surface area contributed by atoms with E-state index >= 15 is 0 Å². The molecule has 2 atom stereocenters. The summed E-state index contributed by atoms with van der Waals surface area (Å²) in [4.78, 5) is 24.5. The number of amides is 1. The van der Waals surface area contributed by atoms with E-state index in [0.717, 1.165) is 70.6 Å². The number of allylic oxidation sites excluding steroid dienone is 4. The van der Waals surface area contributed by atoms with E-state index in [4.69, 9.17) is 4.74 Å². The Bertz CT molecular complexity index is 966. The van der Waals surface area contributed by atoms with Gasteiger partial charge in [-0.3, -0.25) is 9.59 Å². The second-order valence-corrected chi connectivity index (χ2v) is 18.9. The van der Waals surface area contributed by atoms with Crippen LogP contribution in [-0.4, -0.2) is 47.4 Å². The molecule has 0 radical (unpaired) electrons. The highest BCUT2D eigenvalue weighted by molar-refractivity contribution is 5.76. The van der Waals surface area contributed by atoms with Crippen molar-refractivity contribution in [1.29, 1.82) is 0 Å². The third-order valence-corrected chi connectivity index (χ3v) is 12.8. The number of rotatable bonds is 51. The molecule has 0 bridgehead atoms. The molecule has 0 aliphatic carbocycles. The van der Waals surface area contributed by atoms with E-state index in [0.29, 0.717) is 25.9 Å². The zero-order chi connectivity index (χ0) is 45.1. The highest BCUT2D eigenvalue weighted by atomic mass is 16.5. The average Bonchev–Trinajstić information content (AvgIpc) is 3.27. The topological polar surface area (TPSA) is 95.9 Å². The van der Waals surface area contributed by atoms with Crippen LogP contribution >= 0.6 is 0 Å². The van der Waals surface area contributed by atoms with E-state index in [-0.39, 0.29) is 18.5 Å². The summed E-state index contributed by atoms with van der Waals surface area (Å²) in [5.41, 5.74) is 0. The van der Waals surface area contributed by atoms with Gasteiger partial charge in [-0.2, -0.15) is 0 Å². The van der Waals surface area contributed by atoms with Gasteiger partial charge in [0.2, 0.25) is 5.91 Å². The molecule has 0 aliphatic heterocycles. The van der Waals surface area contributed by atoms with Crippen molar-refractivity contribution in [1.82, 2.24) is 5.32 Å². The van der Waals surface area contributed by atoms with Gasteiger partial charge >= 0.3 is 5.97 Å². The number of aliphatic hydroxyl groups is 2. The average molecular weight is 874 g/mol. The number of carbonyl (C=O) groups excluding carboxylic acids is 2. The monoisotopic (exact) mass is 874 g/mol. The molecule has 0 aromatic heterocycles. The number of ether oxygens (including phenoxy) is 1. The van der Waals surface area contributed by atoms with Crippen LogP contribution in [0.2, 0.25) is 0 Å². The minimum absolute atomic E-state index is 0.0271. The summed E-state index contributed by atoms with van der Waals surface area (Å²) >= 11 is 0. The largest absolute Gasteiger partial charge is 0.466 e. The van der Waals surface area contributed by atoms with Gasteiger partial charge in [-0.1, -0.05) is 250 Å². The SMILES string of the molecule is CCCCC/C=C\C/C=C\CCCCCCCC(=O)OCCCCCCCCCCCCCC(=O)NC(CO)C(O)CCCCCCCCCCCCCCCCCCCCC. The lowest BCUT2D eigenvalue weighted by Gasteiger charge is -2.22. The Kier molecular flexibility index (Phi) is 50.6. The van der Waals surface area contributed by atoms with Crippen molar-refractivity contribution in [3.8, 4) is 0 Å². The zero-order valence-corrected chi connectivity index (χ0v) is 41.6. The first-order valence-electron chi connectivity index (χ1n) is 27.6. The summed E-state index contributed by atoms with van der Waals surface area (Å²) in [6.07, 6.45) is 61.5. The van der Waals surface area contributed by atoms with Crippen LogP contribution in [0, 0.1) is 0 Å². The minimum atomic E-state index is -0.678. The van der Waals surface area contributed by atoms with Gasteiger partial charge in [-0.15, -0.1) is 0 Å². The molecule has 0 spiro atoms. The Morgan fingerprint density at radius 1 is 0.452 bits per heavy atom. The van der Waals surface area contributed by atoms with Crippen LogP contribution in [0.3, 0.4) is 0 Å². The maximum absolute atomic E-state index is 12.5. The fourth-order valence-electron chi connectivity index (χ4n) is 8.49. The summed E-state index contributed by atoms with van der Waals surface area (Å²) in [5.74, 6) is -0.0798. The third kappa shape index (κ3) is 47.8. The Labute approximate surface area is 386 Å². The molecule has 0 rings (SSSR count). The lowest BCUT2D eigenvalue weighted by atomic mass is 10.0. The summed E-state index contributed by atoms with van der Waals surface area (Å²) in [7, 11) is 0. The maximum Gasteiger partial charge on any atom is 0.305 e. The van der Waals surface area contributed by atoms with Crippen molar-refractivity contribution in [2.24, 2.45) is 0 Å². The molecule has 0 aliphatic rings. The number of aliphatic hydroxyl groups excluding tert-OH is 2. The molecule has 0 saturated heterocycles. The molecule has 0 saturated carbocycles. The second kappa shape index (κ2) is 52.0.